The van der Waals surface area contributed by atoms with Crippen LogP contribution in [0.4, 0.5) is 5.69 Å². The quantitative estimate of drug-likeness (QED) is 0.878. The van der Waals surface area contributed by atoms with Crippen molar-refractivity contribution >= 4 is 17.3 Å². The predicted octanol–water partition coefficient (Wildman–Crippen LogP) is 3.76. The van der Waals surface area contributed by atoms with Crippen LogP contribution < -0.4 is 11.1 Å². The highest BCUT2D eigenvalue weighted by molar-refractivity contribution is 6.33. The first kappa shape index (κ1) is 12.9. The molecule has 2 aromatic carbocycles. The Hall–Kier alpha value is -1.51. The largest absolute Gasteiger partial charge is 0.376 e. The highest BCUT2D eigenvalue weighted by Gasteiger charge is 2.10. The fraction of sp³-hybridized carbons (Fsp3) is 0.200. The molecule has 0 saturated carbocycles. The lowest BCUT2D eigenvalue weighted by atomic mass is 10.0. The second-order valence-electron chi connectivity index (χ2n) is 4.32. The molecule has 1 atom stereocenters. The van der Waals surface area contributed by atoms with E-state index in [1.54, 1.807) is 0 Å². The Morgan fingerprint density at radius 1 is 1.11 bits per heavy atom. The minimum absolute atomic E-state index is 0.0745. The number of nitrogens with one attached hydrogen (secondary N) is 1. The van der Waals surface area contributed by atoms with Crippen LogP contribution in [0.15, 0.2) is 48.5 Å². The van der Waals surface area contributed by atoms with Crippen molar-refractivity contribution in [1.29, 1.82) is 0 Å². The zero-order chi connectivity index (χ0) is 13.0. The molecule has 0 aromatic heterocycles. The van der Waals surface area contributed by atoms with Gasteiger partial charge in [0.15, 0.2) is 0 Å². The van der Waals surface area contributed by atoms with Gasteiger partial charge in [0, 0.05) is 6.54 Å². The summed E-state index contributed by atoms with van der Waals surface area (Å²) in [6.07, 6.45) is 0. The van der Waals surface area contributed by atoms with Crippen LogP contribution in [0.2, 0.25) is 5.02 Å². The van der Waals surface area contributed by atoms with E-state index in [1.807, 2.05) is 24.3 Å². The summed E-state index contributed by atoms with van der Waals surface area (Å²) in [4.78, 5) is 0. The first-order chi connectivity index (χ1) is 8.70. The smallest absolute Gasteiger partial charge is 0.0637 e. The lowest BCUT2D eigenvalue weighted by molar-refractivity contribution is 0.790. The van der Waals surface area contributed by atoms with Crippen LogP contribution >= 0.6 is 11.6 Å². The molecule has 3 heteroatoms. The molecule has 0 bridgehead atoms. The molecule has 0 spiro atoms. The molecule has 3 N–H and O–H groups in total. The third-order valence-corrected chi connectivity index (χ3v) is 3.25. The van der Waals surface area contributed by atoms with Gasteiger partial charge in [-0.1, -0.05) is 53.6 Å². The minimum atomic E-state index is 0.0745. The molecule has 2 nitrogen and oxygen atoms in total. The van der Waals surface area contributed by atoms with E-state index in [1.165, 1.54) is 11.1 Å². The number of hydrogen-bond donors (Lipinski definition) is 2. The van der Waals surface area contributed by atoms with Crippen LogP contribution in [0.25, 0.3) is 0 Å². The summed E-state index contributed by atoms with van der Waals surface area (Å²) in [5.74, 6) is 0. The molecule has 0 radical (unpaired) electrons. The van der Waals surface area contributed by atoms with Crippen molar-refractivity contribution in [3.8, 4) is 0 Å². The van der Waals surface area contributed by atoms with Crippen LogP contribution in [-0.2, 0) is 0 Å². The fourth-order valence-electron chi connectivity index (χ4n) is 1.84. The van der Waals surface area contributed by atoms with E-state index >= 15 is 0 Å². The van der Waals surface area contributed by atoms with Crippen molar-refractivity contribution in [2.45, 2.75) is 13.0 Å². The number of anilines is 1. The first-order valence-electron chi connectivity index (χ1n) is 5.98. The number of para-hydroxylation sites is 1. The predicted molar refractivity (Wildman–Crippen MR) is 78.0 cm³/mol. The summed E-state index contributed by atoms with van der Waals surface area (Å²) in [5.41, 5.74) is 9.16. The molecule has 1 unspecified atom stereocenters. The van der Waals surface area contributed by atoms with Gasteiger partial charge in [-0.3, -0.25) is 0 Å². The van der Waals surface area contributed by atoms with Crippen molar-refractivity contribution in [3.05, 3.63) is 64.7 Å². The topological polar surface area (TPSA) is 38.0 Å². The lowest BCUT2D eigenvalue weighted by Gasteiger charge is -2.19. The average molecular weight is 261 g/mol. The third-order valence-electron chi connectivity index (χ3n) is 2.92. The molecule has 2 rings (SSSR count). The summed E-state index contributed by atoms with van der Waals surface area (Å²) in [5, 5.41) is 4.09. The Morgan fingerprint density at radius 2 is 1.78 bits per heavy atom. The molecule has 0 aliphatic heterocycles. The number of hydrogen-bond acceptors (Lipinski definition) is 2. The number of nitrogens with two attached hydrogens (primary N) is 1. The first-order valence-corrected chi connectivity index (χ1v) is 6.36. The maximum absolute atomic E-state index is 6.13. The molecule has 0 aliphatic rings. The minimum Gasteiger partial charge on any atom is -0.376 e. The molecular weight excluding hydrogens is 244 g/mol. The second-order valence-corrected chi connectivity index (χ2v) is 4.73. The number of benzene rings is 2. The SMILES string of the molecule is Cc1ccc(C(CN)Nc2ccccc2Cl)cc1. The van der Waals surface area contributed by atoms with Crippen LogP contribution in [0.5, 0.6) is 0 Å². The third kappa shape index (κ3) is 3.03. The highest BCUT2D eigenvalue weighted by atomic mass is 35.5. The van der Waals surface area contributed by atoms with Gasteiger partial charge in [-0.25, -0.2) is 0 Å². The molecule has 94 valence electrons. The van der Waals surface area contributed by atoms with Gasteiger partial charge in [0.1, 0.15) is 0 Å². The molecule has 0 saturated heterocycles. The number of rotatable bonds is 4. The molecule has 0 amide bonds. The molecule has 18 heavy (non-hydrogen) atoms. The molecule has 2 aromatic rings. The summed E-state index contributed by atoms with van der Waals surface area (Å²) in [6, 6.07) is 16.1. The highest BCUT2D eigenvalue weighted by Crippen LogP contribution is 2.25. The molecular formula is C15H17ClN2. The van der Waals surface area contributed by atoms with E-state index in [9.17, 15) is 0 Å². The fourth-order valence-corrected chi connectivity index (χ4v) is 2.03. The van der Waals surface area contributed by atoms with E-state index in [4.69, 9.17) is 17.3 Å². The Kier molecular flexibility index (Phi) is 4.24. The van der Waals surface area contributed by atoms with Crippen LogP contribution in [-0.4, -0.2) is 6.54 Å². The maximum atomic E-state index is 6.13. The van der Waals surface area contributed by atoms with Gasteiger partial charge in [0.05, 0.1) is 16.8 Å². The van der Waals surface area contributed by atoms with E-state index in [0.717, 1.165) is 5.69 Å². The van der Waals surface area contributed by atoms with Crippen LogP contribution in [0, 0.1) is 6.92 Å². The van der Waals surface area contributed by atoms with Gasteiger partial charge < -0.3 is 11.1 Å². The monoisotopic (exact) mass is 260 g/mol. The molecule has 0 heterocycles. The zero-order valence-corrected chi connectivity index (χ0v) is 11.1. The molecule has 0 aliphatic carbocycles. The van der Waals surface area contributed by atoms with Gasteiger partial charge in [-0.2, -0.15) is 0 Å². The lowest BCUT2D eigenvalue weighted by Crippen LogP contribution is -2.20. The standard InChI is InChI=1S/C15H17ClN2/c1-11-6-8-12(9-7-11)15(10-17)18-14-5-3-2-4-13(14)16/h2-9,15,18H,10,17H2,1H3. The Labute approximate surface area is 113 Å². The van der Waals surface area contributed by atoms with Gasteiger partial charge in [-0.15, -0.1) is 0 Å². The van der Waals surface area contributed by atoms with E-state index in [-0.39, 0.29) is 6.04 Å². The summed E-state index contributed by atoms with van der Waals surface area (Å²) in [6.45, 7) is 2.59. The number of halogens is 1. The summed E-state index contributed by atoms with van der Waals surface area (Å²) >= 11 is 6.13. The summed E-state index contributed by atoms with van der Waals surface area (Å²) < 4.78 is 0. The Bertz CT molecular complexity index is 508. The van der Waals surface area contributed by atoms with Gasteiger partial charge in [-0.05, 0) is 24.6 Å². The van der Waals surface area contributed by atoms with Crippen molar-refractivity contribution < 1.29 is 0 Å². The van der Waals surface area contributed by atoms with Crippen molar-refractivity contribution in [1.82, 2.24) is 0 Å². The van der Waals surface area contributed by atoms with Crippen LogP contribution in [0.3, 0.4) is 0 Å². The molecule has 0 fully saturated rings. The average Bonchev–Trinajstić information content (AvgIpc) is 2.39. The summed E-state index contributed by atoms with van der Waals surface area (Å²) in [7, 11) is 0. The van der Waals surface area contributed by atoms with Crippen molar-refractivity contribution in [2.24, 2.45) is 5.73 Å². The van der Waals surface area contributed by atoms with E-state index in [0.29, 0.717) is 11.6 Å². The van der Waals surface area contributed by atoms with Gasteiger partial charge >= 0.3 is 0 Å². The van der Waals surface area contributed by atoms with Crippen LogP contribution in [0.1, 0.15) is 17.2 Å². The van der Waals surface area contributed by atoms with Crippen molar-refractivity contribution in [2.75, 3.05) is 11.9 Å². The normalized spacial score (nSPS) is 12.2. The van der Waals surface area contributed by atoms with Gasteiger partial charge in [0.2, 0.25) is 0 Å². The Morgan fingerprint density at radius 3 is 2.39 bits per heavy atom. The van der Waals surface area contributed by atoms with E-state index < -0.39 is 0 Å². The second kappa shape index (κ2) is 5.89. The van der Waals surface area contributed by atoms with Crippen molar-refractivity contribution in [3.63, 3.8) is 0 Å². The van der Waals surface area contributed by atoms with Gasteiger partial charge in [0.25, 0.3) is 0 Å². The maximum Gasteiger partial charge on any atom is 0.0637 e. The Balaban J connectivity index is 2.20. The number of aryl methyl sites for hydroxylation is 1. The zero-order valence-electron chi connectivity index (χ0n) is 10.4. The van der Waals surface area contributed by atoms with E-state index in [2.05, 4.69) is 36.5 Å².